The zero-order valence-electron chi connectivity index (χ0n) is 7.31. The van der Waals surface area contributed by atoms with Crippen molar-refractivity contribution < 1.29 is 19.4 Å². The normalized spacial score (nSPS) is 34.0. The maximum Gasteiger partial charge on any atom is 0.407 e. The molecule has 0 aromatic carbocycles. The number of hydrogen-bond donors (Lipinski definition) is 1. The van der Waals surface area contributed by atoms with E-state index in [2.05, 4.69) is 0 Å². The van der Waals surface area contributed by atoms with E-state index in [1.807, 2.05) is 0 Å². The maximum absolute atomic E-state index is 10.7. The number of nitrogens with zero attached hydrogens (tertiary/aromatic N) is 1. The highest BCUT2D eigenvalue weighted by Gasteiger charge is 2.34. The van der Waals surface area contributed by atoms with Crippen LogP contribution in [0.25, 0.3) is 0 Å². The van der Waals surface area contributed by atoms with Gasteiger partial charge in [-0.15, -0.1) is 0 Å². The van der Waals surface area contributed by atoms with Gasteiger partial charge in [0.15, 0.2) is 0 Å². The third-order valence-electron chi connectivity index (χ3n) is 2.52. The van der Waals surface area contributed by atoms with Gasteiger partial charge in [0.2, 0.25) is 0 Å². The van der Waals surface area contributed by atoms with Crippen LogP contribution in [0.3, 0.4) is 0 Å². The van der Waals surface area contributed by atoms with Crippen molar-refractivity contribution in [1.29, 1.82) is 0 Å². The lowest BCUT2D eigenvalue weighted by Crippen LogP contribution is -2.53. The van der Waals surface area contributed by atoms with Crippen LogP contribution >= 0.6 is 0 Å². The molecule has 2 saturated heterocycles. The van der Waals surface area contributed by atoms with E-state index in [-0.39, 0.29) is 12.2 Å². The summed E-state index contributed by atoms with van der Waals surface area (Å²) in [6.45, 7) is 2.21. The molecule has 0 bridgehead atoms. The molecule has 5 heteroatoms. The third kappa shape index (κ3) is 1.76. The fourth-order valence-electron chi connectivity index (χ4n) is 1.82. The molecule has 74 valence electrons. The summed E-state index contributed by atoms with van der Waals surface area (Å²) in [4.78, 5) is 12.0. The fourth-order valence-corrected chi connectivity index (χ4v) is 1.82. The molecule has 0 aromatic rings. The van der Waals surface area contributed by atoms with Crippen LogP contribution < -0.4 is 0 Å². The van der Waals surface area contributed by atoms with Gasteiger partial charge in [-0.05, 0) is 6.42 Å². The number of hydrogen-bond acceptors (Lipinski definition) is 3. The summed E-state index contributed by atoms with van der Waals surface area (Å²) in [5.41, 5.74) is 0. The number of piperidine rings is 1. The van der Waals surface area contributed by atoms with E-state index in [0.717, 1.165) is 6.42 Å². The van der Waals surface area contributed by atoms with Crippen LogP contribution in [-0.2, 0) is 9.47 Å². The summed E-state index contributed by atoms with van der Waals surface area (Å²) in [6, 6.07) is 0. The van der Waals surface area contributed by atoms with E-state index >= 15 is 0 Å². The van der Waals surface area contributed by atoms with Gasteiger partial charge < -0.3 is 19.5 Å². The smallest absolute Gasteiger partial charge is 0.407 e. The summed E-state index contributed by atoms with van der Waals surface area (Å²) in [7, 11) is 0. The van der Waals surface area contributed by atoms with E-state index in [1.54, 1.807) is 0 Å². The van der Waals surface area contributed by atoms with Crippen molar-refractivity contribution in [3.05, 3.63) is 0 Å². The Bertz CT molecular complexity index is 208. The van der Waals surface area contributed by atoms with Gasteiger partial charge in [-0.3, -0.25) is 0 Å². The highest BCUT2D eigenvalue weighted by Crippen LogP contribution is 2.20. The molecule has 2 fully saturated rings. The number of carbonyl (C=O) groups is 1. The van der Waals surface area contributed by atoms with Crippen molar-refractivity contribution >= 4 is 6.09 Å². The third-order valence-corrected chi connectivity index (χ3v) is 2.52. The molecule has 2 unspecified atom stereocenters. The molecule has 0 spiro atoms. The summed E-state index contributed by atoms with van der Waals surface area (Å²) in [5, 5.41) is 8.76. The van der Waals surface area contributed by atoms with Crippen molar-refractivity contribution in [2.75, 3.05) is 26.3 Å². The Labute approximate surface area is 76.2 Å². The van der Waals surface area contributed by atoms with Crippen LogP contribution in [0.15, 0.2) is 0 Å². The average molecular weight is 187 g/mol. The minimum atomic E-state index is -0.868. The number of fused-ring (bicyclic) bond motifs is 1. The minimum absolute atomic E-state index is 0.0569. The molecule has 1 N–H and O–H groups in total. The van der Waals surface area contributed by atoms with Crippen LogP contribution in [0.4, 0.5) is 4.79 Å². The molecule has 2 heterocycles. The van der Waals surface area contributed by atoms with Crippen molar-refractivity contribution in [2.45, 2.75) is 18.6 Å². The summed E-state index contributed by atoms with van der Waals surface area (Å²) < 4.78 is 10.9. The molecule has 0 aliphatic carbocycles. The molecule has 1 amide bonds. The Hall–Kier alpha value is -0.810. The molecule has 0 saturated carbocycles. The van der Waals surface area contributed by atoms with Crippen molar-refractivity contribution in [1.82, 2.24) is 4.90 Å². The highest BCUT2D eigenvalue weighted by molar-refractivity contribution is 5.65. The Balaban J connectivity index is 1.95. The predicted molar refractivity (Wildman–Crippen MR) is 43.7 cm³/mol. The van der Waals surface area contributed by atoms with Crippen molar-refractivity contribution in [2.24, 2.45) is 0 Å². The summed E-state index contributed by atoms with van der Waals surface area (Å²) in [5.74, 6) is 0. The second-order valence-corrected chi connectivity index (χ2v) is 3.34. The van der Waals surface area contributed by atoms with Crippen molar-refractivity contribution in [3.63, 3.8) is 0 Å². The molecule has 2 rings (SSSR count). The summed E-state index contributed by atoms with van der Waals surface area (Å²) in [6.07, 6.45) is -0.0766. The molecule has 2 atom stereocenters. The van der Waals surface area contributed by atoms with Gasteiger partial charge in [0.25, 0.3) is 0 Å². The molecular weight excluding hydrogens is 174 g/mol. The minimum Gasteiger partial charge on any atom is -0.465 e. The fraction of sp³-hybridized carbons (Fsp3) is 0.875. The number of ether oxygens (including phenoxy) is 2. The standard InChI is InChI=1S/C8H13NO4/c10-8(11)9-2-1-6-7(5-9)13-4-3-12-6/h6-7H,1-5H2,(H,10,11). The zero-order valence-corrected chi connectivity index (χ0v) is 7.31. The Kier molecular flexibility index (Phi) is 2.37. The Morgan fingerprint density at radius 3 is 2.69 bits per heavy atom. The molecule has 13 heavy (non-hydrogen) atoms. The summed E-state index contributed by atoms with van der Waals surface area (Å²) >= 11 is 0. The molecule has 0 radical (unpaired) electrons. The van der Waals surface area contributed by atoms with Crippen LogP contribution in [-0.4, -0.2) is 54.6 Å². The van der Waals surface area contributed by atoms with Crippen LogP contribution in [0.1, 0.15) is 6.42 Å². The molecule has 0 aromatic heterocycles. The van der Waals surface area contributed by atoms with Gasteiger partial charge in [0, 0.05) is 6.54 Å². The second-order valence-electron chi connectivity index (χ2n) is 3.34. The van der Waals surface area contributed by atoms with Gasteiger partial charge in [0.1, 0.15) is 6.10 Å². The first kappa shape index (κ1) is 8.77. The van der Waals surface area contributed by atoms with E-state index in [1.165, 1.54) is 4.90 Å². The van der Waals surface area contributed by atoms with Gasteiger partial charge in [-0.25, -0.2) is 4.79 Å². The van der Waals surface area contributed by atoms with Gasteiger partial charge >= 0.3 is 6.09 Å². The first-order chi connectivity index (χ1) is 6.27. The first-order valence-electron chi connectivity index (χ1n) is 4.48. The Morgan fingerprint density at radius 1 is 1.31 bits per heavy atom. The van der Waals surface area contributed by atoms with E-state index in [0.29, 0.717) is 26.3 Å². The lowest BCUT2D eigenvalue weighted by molar-refractivity contribution is -0.161. The van der Waals surface area contributed by atoms with Gasteiger partial charge in [-0.2, -0.15) is 0 Å². The number of likely N-dealkylation sites (tertiary alicyclic amines) is 1. The van der Waals surface area contributed by atoms with Crippen molar-refractivity contribution in [3.8, 4) is 0 Å². The zero-order chi connectivity index (χ0) is 9.26. The van der Waals surface area contributed by atoms with E-state index < -0.39 is 6.09 Å². The molecule has 5 nitrogen and oxygen atoms in total. The number of amides is 1. The molecule has 2 aliphatic rings. The van der Waals surface area contributed by atoms with Gasteiger partial charge in [-0.1, -0.05) is 0 Å². The average Bonchev–Trinajstić information content (AvgIpc) is 2.17. The van der Waals surface area contributed by atoms with E-state index in [4.69, 9.17) is 14.6 Å². The largest absolute Gasteiger partial charge is 0.465 e. The topological polar surface area (TPSA) is 59.0 Å². The lowest BCUT2D eigenvalue weighted by Gasteiger charge is -2.39. The van der Waals surface area contributed by atoms with E-state index in [9.17, 15) is 4.79 Å². The maximum atomic E-state index is 10.7. The van der Waals surface area contributed by atoms with Crippen LogP contribution in [0.5, 0.6) is 0 Å². The number of carboxylic acid groups (broad SMARTS) is 1. The van der Waals surface area contributed by atoms with Crippen LogP contribution in [0, 0.1) is 0 Å². The Morgan fingerprint density at radius 2 is 2.00 bits per heavy atom. The highest BCUT2D eigenvalue weighted by atomic mass is 16.6. The number of rotatable bonds is 0. The second kappa shape index (κ2) is 3.51. The SMILES string of the molecule is O=C(O)N1CCC2OCCOC2C1. The monoisotopic (exact) mass is 187 g/mol. The molecular formula is C8H13NO4. The predicted octanol–water partition coefficient (Wildman–Crippen LogP) is 0.154. The lowest BCUT2D eigenvalue weighted by atomic mass is 10.0. The van der Waals surface area contributed by atoms with Crippen LogP contribution in [0.2, 0.25) is 0 Å². The molecule has 2 aliphatic heterocycles. The first-order valence-corrected chi connectivity index (χ1v) is 4.48. The quantitative estimate of drug-likeness (QED) is 0.586. The van der Waals surface area contributed by atoms with Gasteiger partial charge in [0.05, 0.1) is 25.9 Å².